The van der Waals surface area contributed by atoms with Gasteiger partial charge < -0.3 is 20.1 Å². The number of amides is 2. The molecule has 2 fully saturated rings. The number of nitrogens with one attached hydrogen (secondary N) is 1. The number of urea groups is 1. The lowest BCUT2D eigenvalue weighted by atomic mass is 9.81. The Bertz CT molecular complexity index is 573. The third-order valence-electron chi connectivity index (χ3n) is 5.55. The number of aliphatic hydroxyl groups is 1. The predicted molar refractivity (Wildman–Crippen MR) is 98.0 cm³/mol. The van der Waals surface area contributed by atoms with Crippen LogP contribution < -0.4 is 5.32 Å². The third kappa shape index (κ3) is 4.66. The number of piperidine rings is 1. The number of likely N-dealkylation sites (tertiary alicyclic amines) is 1. The van der Waals surface area contributed by atoms with Gasteiger partial charge in [0.2, 0.25) is 0 Å². The zero-order valence-electron chi connectivity index (χ0n) is 14.5. The number of carbonyl (C=O) groups is 1. The molecule has 0 saturated carbocycles. The highest BCUT2D eigenvalue weighted by molar-refractivity contribution is 6.30. The Morgan fingerprint density at radius 3 is 2.72 bits per heavy atom. The maximum Gasteiger partial charge on any atom is 0.317 e. The monoisotopic (exact) mass is 366 g/mol. The molecule has 5 nitrogen and oxygen atoms in total. The molecule has 1 atom stereocenters. The van der Waals surface area contributed by atoms with E-state index in [1.807, 2.05) is 17.0 Å². The molecule has 0 radical (unpaired) electrons. The molecule has 3 rings (SSSR count). The fourth-order valence-corrected chi connectivity index (χ4v) is 3.86. The normalized spacial score (nSPS) is 23.3. The van der Waals surface area contributed by atoms with Crippen LogP contribution in [-0.4, -0.2) is 55.5 Å². The summed E-state index contributed by atoms with van der Waals surface area (Å²) in [6, 6.07) is 7.89. The van der Waals surface area contributed by atoms with Gasteiger partial charge in [-0.15, -0.1) is 0 Å². The first-order chi connectivity index (χ1) is 12.1. The van der Waals surface area contributed by atoms with Crippen molar-refractivity contribution in [1.29, 1.82) is 0 Å². The van der Waals surface area contributed by atoms with Crippen molar-refractivity contribution in [2.24, 2.45) is 5.41 Å². The number of halogens is 1. The van der Waals surface area contributed by atoms with Gasteiger partial charge in [-0.25, -0.2) is 4.79 Å². The highest BCUT2D eigenvalue weighted by atomic mass is 35.5. The zero-order valence-corrected chi connectivity index (χ0v) is 15.3. The Balaban J connectivity index is 1.55. The van der Waals surface area contributed by atoms with Crippen LogP contribution in [0.15, 0.2) is 24.3 Å². The average molecular weight is 367 g/mol. The average Bonchev–Trinajstić information content (AvgIpc) is 2.67. The van der Waals surface area contributed by atoms with Crippen molar-refractivity contribution in [2.75, 3.05) is 39.5 Å². The third-order valence-corrected chi connectivity index (χ3v) is 5.81. The summed E-state index contributed by atoms with van der Waals surface area (Å²) in [6.07, 6.45) is 3.66. The minimum Gasteiger partial charge on any atom is -0.396 e. The first-order valence-corrected chi connectivity index (χ1v) is 9.47. The summed E-state index contributed by atoms with van der Waals surface area (Å²) in [5.41, 5.74) is 0.998. The molecular formula is C19H27ClN2O3. The van der Waals surface area contributed by atoms with E-state index in [4.69, 9.17) is 16.3 Å². The molecular weight excluding hydrogens is 340 g/mol. The molecule has 6 heteroatoms. The quantitative estimate of drug-likeness (QED) is 0.861. The molecule has 2 aliphatic rings. The SMILES string of the molecule is O=C(NCC1(CO)CCOCC1)N1CCCC(c2ccc(Cl)cc2)C1. The van der Waals surface area contributed by atoms with Gasteiger partial charge in [-0.3, -0.25) is 0 Å². The highest BCUT2D eigenvalue weighted by Crippen LogP contribution is 2.30. The first kappa shape index (κ1) is 18.5. The van der Waals surface area contributed by atoms with Crippen molar-refractivity contribution in [3.05, 3.63) is 34.9 Å². The van der Waals surface area contributed by atoms with Crippen LogP contribution in [0.5, 0.6) is 0 Å². The second-order valence-electron chi connectivity index (χ2n) is 7.27. The highest BCUT2D eigenvalue weighted by Gasteiger charge is 2.33. The Morgan fingerprint density at radius 2 is 2.04 bits per heavy atom. The molecule has 2 saturated heterocycles. The van der Waals surface area contributed by atoms with Gasteiger partial charge in [-0.1, -0.05) is 23.7 Å². The zero-order chi connectivity index (χ0) is 17.7. The maximum atomic E-state index is 12.6. The number of hydrogen-bond acceptors (Lipinski definition) is 3. The van der Waals surface area contributed by atoms with Crippen LogP contribution in [0.1, 0.15) is 37.2 Å². The van der Waals surface area contributed by atoms with E-state index in [9.17, 15) is 9.90 Å². The van der Waals surface area contributed by atoms with E-state index in [0.29, 0.717) is 25.7 Å². The van der Waals surface area contributed by atoms with Crippen LogP contribution in [0, 0.1) is 5.41 Å². The fourth-order valence-electron chi connectivity index (χ4n) is 3.74. The molecule has 0 bridgehead atoms. The topological polar surface area (TPSA) is 61.8 Å². The molecule has 2 N–H and O–H groups in total. The second kappa shape index (κ2) is 8.39. The molecule has 138 valence electrons. The molecule has 0 spiro atoms. The summed E-state index contributed by atoms with van der Waals surface area (Å²) in [6.45, 7) is 3.41. The number of benzene rings is 1. The van der Waals surface area contributed by atoms with E-state index in [1.54, 1.807) is 0 Å². The Labute approximate surface area is 154 Å². The lowest BCUT2D eigenvalue weighted by Gasteiger charge is -2.37. The lowest BCUT2D eigenvalue weighted by molar-refractivity contribution is -0.0144. The minimum absolute atomic E-state index is 0.0296. The van der Waals surface area contributed by atoms with Crippen LogP contribution in [0.2, 0.25) is 5.02 Å². The number of ether oxygens (including phenoxy) is 1. The minimum atomic E-state index is -0.237. The molecule has 2 heterocycles. The summed E-state index contributed by atoms with van der Waals surface area (Å²) in [4.78, 5) is 14.5. The van der Waals surface area contributed by atoms with Gasteiger partial charge in [-0.05, 0) is 43.4 Å². The molecule has 1 aromatic carbocycles. The summed E-state index contributed by atoms with van der Waals surface area (Å²) < 4.78 is 5.38. The van der Waals surface area contributed by atoms with Crippen molar-refractivity contribution in [1.82, 2.24) is 10.2 Å². The molecule has 1 unspecified atom stereocenters. The van der Waals surface area contributed by atoms with Gasteiger partial charge in [-0.2, -0.15) is 0 Å². The van der Waals surface area contributed by atoms with Gasteiger partial charge in [0.25, 0.3) is 0 Å². The van der Waals surface area contributed by atoms with Crippen LogP contribution in [0.3, 0.4) is 0 Å². The van der Waals surface area contributed by atoms with Crippen LogP contribution >= 0.6 is 11.6 Å². The van der Waals surface area contributed by atoms with Crippen molar-refractivity contribution < 1.29 is 14.6 Å². The lowest BCUT2D eigenvalue weighted by Crippen LogP contribution is -2.50. The number of rotatable bonds is 4. The number of aliphatic hydroxyl groups excluding tert-OH is 1. The molecule has 25 heavy (non-hydrogen) atoms. The van der Waals surface area contributed by atoms with Crippen molar-refractivity contribution in [3.63, 3.8) is 0 Å². The maximum absolute atomic E-state index is 12.6. The summed E-state index contributed by atoms with van der Waals surface area (Å²) in [7, 11) is 0. The number of hydrogen-bond donors (Lipinski definition) is 2. The van der Waals surface area contributed by atoms with Crippen LogP contribution in [0.25, 0.3) is 0 Å². The number of carbonyl (C=O) groups excluding carboxylic acids is 1. The molecule has 2 amide bonds. The Morgan fingerprint density at radius 1 is 1.32 bits per heavy atom. The number of nitrogens with zero attached hydrogens (tertiary/aromatic N) is 1. The van der Waals surface area contributed by atoms with Gasteiger partial charge >= 0.3 is 6.03 Å². The molecule has 0 aromatic heterocycles. The first-order valence-electron chi connectivity index (χ1n) is 9.09. The van der Waals surface area contributed by atoms with Crippen molar-refractivity contribution >= 4 is 17.6 Å². The molecule has 0 aliphatic carbocycles. The van der Waals surface area contributed by atoms with Crippen LogP contribution in [-0.2, 0) is 4.74 Å². The fraction of sp³-hybridized carbons (Fsp3) is 0.632. The molecule has 2 aliphatic heterocycles. The van der Waals surface area contributed by atoms with E-state index >= 15 is 0 Å². The van der Waals surface area contributed by atoms with Gasteiger partial charge in [0.1, 0.15) is 0 Å². The largest absolute Gasteiger partial charge is 0.396 e. The Hall–Kier alpha value is -1.30. The van der Waals surface area contributed by atoms with Crippen molar-refractivity contribution in [3.8, 4) is 0 Å². The van der Waals surface area contributed by atoms with Gasteiger partial charge in [0.05, 0.1) is 6.61 Å². The second-order valence-corrected chi connectivity index (χ2v) is 7.70. The summed E-state index contributed by atoms with van der Waals surface area (Å²) in [5.74, 6) is 0.353. The van der Waals surface area contributed by atoms with E-state index in [0.717, 1.165) is 43.8 Å². The van der Waals surface area contributed by atoms with E-state index in [-0.39, 0.29) is 18.1 Å². The van der Waals surface area contributed by atoms with E-state index < -0.39 is 0 Å². The Kier molecular flexibility index (Phi) is 6.20. The van der Waals surface area contributed by atoms with E-state index in [1.165, 1.54) is 5.56 Å². The van der Waals surface area contributed by atoms with Crippen LogP contribution in [0.4, 0.5) is 4.79 Å². The molecule has 1 aromatic rings. The van der Waals surface area contributed by atoms with Gasteiger partial charge in [0, 0.05) is 49.2 Å². The summed E-state index contributed by atoms with van der Waals surface area (Å²) >= 11 is 5.97. The summed E-state index contributed by atoms with van der Waals surface area (Å²) in [5, 5.41) is 13.5. The van der Waals surface area contributed by atoms with Crippen molar-refractivity contribution in [2.45, 2.75) is 31.6 Å². The van der Waals surface area contributed by atoms with E-state index in [2.05, 4.69) is 17.4 Å². The van der Waals surface area contributed by atoms with Gasteiger partial charge in [0.15, 0.2) is 0 Å². The smallest absolute Gasteiger partial charge is 0.317 e. The predicted octanol–water partition coefficient (Wildman–Crippen LogP) is 3.02. The standard InChI is InChI=1S/C19H27ClN2O3/c20-17-5-3-15(4-6-17)16-2-1-9-22(12-16)18(24)21-13-19(14-23)7-10-25-11-8-19/h3-6,16,23H,1-2,7-14H2,(H,21,24).